The SMILES string of the molecule is Cc1cccc(-c2cc(Nc3ccncc3)c3cccnc3n2)n1.Fc1ccc(-c2cc(Nc3ccncc3)c3cccnc3n2)cc1.Fc1ccc(Cl)cc1-c1cc(Nc2ccncc2)c2cccnc2n1.Fc1ccc(Cl)cc1-c1cc(Nc2ccncn2)c2cccnc2n1.Nc1cc(Nc2cc(-c3cc(Cl)ccc3F)nc3ncccc23)ncn1. The third kappa shape index (κ3) is 20.2. The first-order valence-electron chi connectivity index (χ1n) is 37.8. The standard InChI is InChI=1S/C19H12ClFN4.C19H13FN4.C19H15N5.C18H12ClFN6.C18H11ClFN5/c20-12-3-4-16(21)15(10-12)18-11-17(24-13-5-8-22-9-6-13)14-2-1-7-23-19(14)25-18;20-14-5-3-13(4-6-14)17-12-18(23-15-7-10-21-11-8-15)16-2-1-9-22-19(16)24-17;1-13-4-2-6-16(22-13)18-12-17(23-14-7-10-20-11-8-14)15-5-3-9-21-19(15)24-18;19-10-3-4-13(20)12(6-10)15-7-14(11-2-1-5-22-18(11)26-15)25-17-8-16(21)23-9-24-17;19-11-3-4-14(20)13(8-11)16-9-15(24-17-5-7-21-10-23-17)12-2-1-6-22-18(12)25-16/h1-11H,(H,22,23,24,25);1-12H,(H,21,22,23,24);2-12H,1H3,(H,20,21,23,24);1-9H,(H3,21,22,23,24,25,26);1-10H,(H,21,22,23,24,25). The van der Waals surface area contributed by atoms with E-state index in [0.717, 1.165) is 89.4 Å². The van der Waals surface area contributed by atoms with Crippen LogP contribution in [-0.4, -0.2) is 89.7 Å². The minimum atomic E-state index is -0.422. The Morgan fingerprint density at radius 1 is 0.274 bits per heavy atom. The van der Waals surface area contributed by atoms with Crippen LogP contribution in [0.5, 0.6) is 0 Å². The van der Waals surface area contributed by atoms with E-state index < -0.39 is 11.6 Å². The molecule has 604 valence electrons. The van der Waals surface area contributed by atoms with Gasteiger partial charge in [0, 0.05) is 167 Å². The molecule has 16 heterocycles. The maximum Gasteiger partial charge on any atom is 0.161 e. The molecule has 0 atom stereocenters. The fourth-order valence-corrected chi connectivity index (χ4v) is 13.3. The Bertz CT molecular complexity index is 7030. The van der Waals surface area contributed by atoms with E-state index in [4.69, 9.17) is 40.5 Å². The minimum absolute atomic E-state index is 0.271. The number of hydrogen-bond donors (Lipinski definition) is 6. The summed E-state index contributed by atoms with van der Waals surface area (Å²) in [6.07, 6.45) is 23.2. The number of nitrogen functional groups attached to an aromatic ring is 1. The van der Waals surface area contributed by atoms with Crippen LogP contribution in [0.3, 0.4) is 0 Å². The molecular formula is C93H63Cl3F4N24. The molecule has 16 aromatic heterocycles. The smallest absolute Gasteiger partial charge is 0.161 e. The Labute approximate surface area is 719 Å². The molecule has 0 aliphatic heterocycles. The van der Waals surface area contributed by atoms with Crippen molar-refractivity contribution in [3.05, 3.63) is 368 Å². The molecule has 7 N–H and O–H groups in total. The zero-order chi connectivity index (χ0) is 85.3. The molecule has 124 heavy (non-hydrogen) atoms. The van der Waals surface area contributed by atoms with Crippen molar-refractivity contribution in [2.24, 2.45) is 0 Å². The van der Waals surface area contributed by atoms with Gasteiger partial charge in [0.15, 0.2) is 28.2 Å². The van der Waals surface area contributed by atoms with Crippen molar-refractivity contribution in [1.29, 1.82) is 0 Å². The van der Waals surface area contributed by atoms with Gasteiger partial charge in [0.25, 0.3) is 0 Å². The summed E-state index contributed by atoms with van der Waals surface area (Å²) in [5.74, 6) is -0.0280. The van der Waals surface area contributed by atoms with Gasteiger partial charge in [0.2, 0.25) is 0 Å². The number of benzene rings is 4. The van der Waals surface area contributed by atoms with Crippen molar-refractivity contribution >= 4 is 153 Å². The van der Waals surface area contributed by atoms with Crippen molar-refractivity contribution in [3.8, 4) is 56.4 Å². The fourth-order valence-electron chi connectivity index (χ4n) is 12.7. The summed E-state index contributed by atoms with van der Waals surface area (Å²) >= 11 is 18.0. The van der Waals surface area contributed by atoms with Gasteiger partial charge >= 0.3 is 0 Å². The summed E-state index contributed by atoms with van der Waals surface area (Å²) in [5, 5.41) is 22.1. The van der Waals surface area contributed by atoms with E-state index >= 15 is 0 Å². The van der Waals surface area contributed by atoms with Gasteiger partial charge in [0.05, 0.1) is 62.6 Å². The highest BCUT2D eigenvalue weighted by molar-refractivity contribution is 6.31. The van der Waals surface area contributed by atoms with E-state index in [1.165, 1.54) is 67.3 Å². The lowest BCUT2D eigenvalue weighted by Gasteiger charge is -2.12. The molecule has 0 spiro atoms. The molecule has 0 aliphatic rings. The zero-order valence-electron chi connectivity index (χ0n) is 64.9. The van der Waals surface area contributed by atoms with Gasteiger partial charge in [-0.1, -0.05) is 40.9 Å². The largest absolute Gasteiger partial charge is 0.384 e. The van der Waals surface area contributed by atoms with E-state index in [2.05, 4.69) is 116 Å². The molecule has 20 aromatic rings. The first-order chi connectivity index (χ1) is 60.6. The van der Waals surface area contributed by atoms with Crippen LogP contribution in [0, 0.1) is 30.2 Å². The Hall–Kier alpha value is -16.2. The molecule has 0 amide bonds. The fraction of sp³-hybridized carbons (Fsp3) is 0.0108. The summed E-state index contributed by atoms with van der Waals surface area (Å²) in [4.78, 5) is 77.0. The monoisotopic (exact) mass is 1700 g/mol. The number of nitrogens with one attached hydrogen (secondary N) is 5. The molecule has 0 radical (unpaired) electrons. The number of pyridine rings is 14. The van der Waals surface area contributed by atoms with Crippen molar-refractivity contribution in [2.75, 3.05) is 32.3 Å². The lowest BCUT2D eigenvalue weighted by Crippen LogP contribution is -2.00. The maximum absolute atomic E-state index is 14.3. The summed E-state index contributed by atoms with van der Waals surface area (Å²) < 4.78 is 56.0. The lowest BCUT2D eigenvalue weighted by atomic mass is 10.1. The van der Waals surface area contributed by atoms with Gasteiger partial charge in [-0.05, 0) is 231 Å². The number of aryl methyl sites for hydroxylation is 1. The predicted molar refractivity (Wildman–Crippen MR) is 480 cm³/mol. The second-order valence-electron chi connectivity index (χ2n) is 26.9. The van der Waals surface area contributed by atoms with Crippen LogP contribution in [0.2, 0.25) is 15.1 Å². The zero-order valence-corrected chi connectivity index (χ0v) is 67.1. The molecule has 0 unspecified atom stereocenters. The number of fused-ring (bicyclic) bond motifs is 5. The molecule has 31 heteroatoms. The normalized spacial score (nSPS) is 10.8. The van der Waals surface area contributed by atoms with Gasteiger partial charge in [-0.3, -0.25) is 19.9 Å². The van der Waals surface area contributed by atoms with Crippen LogP contribution in [0.1, 0.15) is 5.69 Å². The van der Waals surface area contributed by atoms with Crippen LogP contribution >= 0.6 is 34.8 Å². The van der Waals surface area contributed by atoms with E-state index in [1.54, 1.807) is 135 Å². The van der Waals surface area contributed by atoms with Crippen LogP contribution in [0.25, 0.3) is 112 Å². The number of rotatable bonds is 15. The Kier molecular flexibility index (Phi) is 25.2. The quantitative estimate of drug-likeness (QED) is 0.0519. The average molecular weight is 1700 g/mol. The number of anilines is 11. The van der Waals surface area contributed by atoms with Gasteiger partial charge < -0.3 is 32.3 Å². The first-order valence-corrected chi connectivity index (χ1v) is 39.0. The molecule has 24 nitrogen and oxygen atoms in total. The predicted octanol–water partition coefficient (Wildman–Crippen LogP) is 22.8. The number of nitrogens with zero attached hydrogens (tertiary/aromatic N) is 18. The number of nitrogens with two attached hydrogens (primary N) is 1. The summed E-state index contributed by atoms with van der Waals surface area (Å²) in [6, 6.07) is 68.0. The number of aromatic nitrogens is 18. The first kappa shape index (κ1) is 81.6. The van der Waals surface area contributed by atoms with Crippen molar-refractivity contribution in [1.82, 2.24) is 89.7 Å². The Morgan fingerprint density at radius 3 is 1.02 bits per heavy atom. The Balaban J connectivity index is 0.000000115. The van der Waals surface area contributed by atoms with Crippen LogP contribution < -0.4 is 32.3 Å². The van der Waals surface area contributed by atoms with Crippen molar-refractivity contribution < 1.29 is 17.6 Å². The number of hydrogen-bond acceptors (Lipinski definition) is 24. The highest BCUT2D eigenvalue weighted by atomic mass is 35.5. The molecular weight excluding hydrogens is 1640 g/mol. The summed E-state index contributed by atoms with van der Waals surface area (Å²) in [7, 11) is 0. The van der Waals surface area contributed by atoms with Gasteiger partial charge in [-0.25, -0.2) is 87.3 Å². The van der Waals surface area contributed by atoms with E-state index in [0.29, 0.717) is 100 Å². The van der Waals surface area contributed by atoms with E-state index in [1.807, 2.05) is 128 Å². The highest BCUT2D eigenvalue weighted by Crippen LogP contribution is 2.38. The molecule has 20 rings (SSSR count). The van der Waals surface area contributed by atoms with Gasteiger partial charge in [-0.2, -0.15) is 0 Å². The molecule has 0 saturated carbocycles. The lowest BCUT2D eigenvalue weighted by molar-refractivity contribution is 0.628. The highest BCUT2D eigenvalue weighted by Gasteiger charge is 2.19. The van der Waals surface area contributed by atoms with Crippen LogP contribution in [0.4, 0.5) is 80.5 Å². The third-order valence-electron chi connectivity index (χ3n) is 18.5. The Morgan fingerprint density at radius 2 is 0.629 bits per heavy atom. The second-order valence-corrected chi connectivity index (χ2v) is 28.3. The van der Waals surface area contributed by atoms with Gasteiger partial charge in [-0.15, -0.1) is 0 Å². The van der Waals surface area contributed by atoms with Gasteiger partial charge in [0.1, 0.15) is 53.4 Å². The van der Waals surface area contributed by atoms with Crippen LogP contribution in [-0.2, 0) is 0 Å². The average Bonchev–Trinajstić information content (AvgIpc) is 0.804. The molecule has 0 bridgehead atoms. The van der Waals surface area contributed by atoms with E-state index in [9.17, 15) is 17.6 Å². The minimum Gasteiger partial charge on any atom is -0.384 e. The maximum atomic E-state index is 14.3. The van der Waals surface area contributed by atoms with E-state index in [-0.39, 0.29) is 17.2 Å². The number of halogens is 7. The molecule has 4 aromatic carbocycles. The second kappa shape index (κ2) is 38.3. The third-order valence-corrected chi connectivity index (χ3v) is 19.2. The molecule has 0 fully saturated rings. The topological polar surface area (TPSA) is 318 Å². The molecule has 0 aliphatic carbocycles. The van der Waals surface area contributed by atoms with Crippen molar-refractivity contribution in [2.45, 2.75) is 6.92 Å². The summed E-state index contributed by atoms with van der Waals surface area (Å²) in [6.45, 7) is 1.97. The summed E-state index contributed by atoms with van der Waals surface area (Å²) in [5.41, 5.74) is 21.6. The molecule has 0 saturated heterocycles. The van der Waals surface area contributed by atoms with Crippen LogP contribution in [0.15, 0.2) is 324 Å². The van der Waals surface area contributed by atoms with Crippen molar-refractivity contribution in [3.63, 3.8) is 0 Å².